The van der Waals surface area contributed by atoms with Crippen LogP contribution in [-0.4, -0.2) is 18.0 Å². The van der Waals surface area contributed by atoms with Gasteiger partial charge in [0, 0.05) is 19.4 Å². The summed E-state index contributed by atoms with van der Waals surface area (Å²) < 4.78 is 41.0. The SMILES string of the molecule is Cn1ccnc1CNS(=O)(=O)c1ccc(F)cc1N. The van der Waals surface area contributed by atoms with Crippen molar-refractivity contribution in [2.45, 2.75) is 11.4 Å². The molecule has 0 aliphatic heterocycles. The van der Waals surface area contributed by atoms with Gasteiger partial charge in [-0.3, -0.25) is 0 Å². The molecule has 0 aliphatic carbocycles. The molecule has 1 heterocycles. The second-order valence-corrected chi connectivity index (χ2v) is 5.70. The molecule has 3 N–H and O–H groups in total. The lowest BCUT2D eigenvalue weighted by Gasteiger charge is -2.09. The molecule has 19 heavy (non-hydrogen) atoms. The van der Waals surface area contributed by atoms with Gasteiger partial charge in [-0.15, -0.1) is 0 Å². The highest BCUT2D eigenvalue weighted by molar-refractivity contribution is 7.89. The first kappa shape index (κ1) is 13.5. The van der Waals surface area contributed by atoms with Crippen LogP contribution in [0, 0.1) is 5.82 Å². The number of halogens is 1. The number of sulfonamides is 1. The third-order valence-corrected chi connectivity index (χ3v) is 4.08. The van der Waals surface area contributed by atoms with Gasteiger partial charge in [-0.05, 0) is 18.2 Å². The van der Waals surface area contributed by atoms with Crippen molar-refractivity contribution in [1.29, 1.82) is 0 Å². The molecule has 0 fully saturated rings. The molecule has 102 valence electrons. The van der Waals surface area contributed by atoms with Gasteiger partial charge in [0.15, 0.2) is 0 Å². The molecule has 2 rings (SSSR count). The molecule has 0 radical (unpaired) electrons. The smallest absolute Gasteiger partial charge is 0.243 e. The van der Waals surface area contributed by atoms with E-state index >= 15 is 0 Å². The van der Waals surface area contributed by atoms with Crippen molar-refractivity contribution in [3.8, 4) is 0 Å². The number of imidazole rings is 1. The van der Waals surface area contributed by atoms with Crippen LogP contribution >= 0.6 is 0 Å². The number of nitrogen functional groups attached to an aromatic ring is 1. The van der Waals surface area contributed by atoms with Crippen molar-refractivity contribution in [2.24, 2.45) is 7.05 Å². The molecule has 0 spiro atoms. The third kappa shape index (κ3) is 2.91. The lowest BCUT2D eigenvalue weighted by atomic mass is 10.3. The topological polar surface area (TPSA) is 90.0 Å². The van der Waals surface area contributed by atoms with Crippen LogP contribution in [0.1, 0.15) is 5.82 Å². The highest BCUT2D eigenvalue weighted by Crippen LogP contribution is 2.19. The van der Waals surface area contributed by atoms with Crippen LogP contribution in [0.15, 0.2) is 35.5 Å². The summed E-state index contributed by atoms with van der Waals surface area (Å²) in [5.41, 5.74) is 5.37. The van der Waals surface area contributed by atoms with E-state index < -0.39 is 15.8 Å². The summed E-state index contributed by atoms with van der Waals surface area (Å²) >= 11 is 0. The van der Waals surface area contributed by atoms with Crippen molar-refractivity contribution in [1.82, 2.24) is 14.3 Å². The quantitative estimate of drug-likeness (QED) is 0.805. The summed E-state index contributed by atoms with van der Waals surface area (Å²) in [6, 6.07) is 3.15. The van der Waals surface area contributed by atoms with Crippen LogP contribution < -0.4 is 10.5 Å². The lowest BCUT2D eigenvalue weighted by molar-refractivity contribution is 0.577. The van der Waals surface area contributed by atoms with E-state index in [1.54, 1.807) is 24.0 Å². The Morgan fingerprint density at radius 1 is 1.47 bits per heavy atom. The van der Waals surface area contributed by atoms with Crippen molar-refractivity contribution in [3.05, 3.63) is 42.2 Å². The van der Waals surface area contributed by atoms with Gasteiger partial charge in [0.05, 0.1) is 12.2 Å². The first-order valence-electron chi connectivity index (χ1n) is 5.41. The molecule has 0 saturated carbocycles. The Labute approximate surface area is 110 Å². The van der Waals surface area contributed by atoms with Crippen LogP contribution in [0.25, 0.3) is 0 Å². The number of nitrogens with one attached hydrogen (secondary N) is 1. The molecule has 6 nitrogen and oxygen atoms in total. The van der Waals surface area contributed by atoms with Crippen LogP contribution in [0.3, 0.4) is 0 Å². The molecule has 0 unspecified atom stereocenters. The molecular weight excluding hydrogens is 271 g/mol. The largest absolute Gasteiger partial charge is 0.398 e. The zero-order chi connectivity index (χ0) is 14.0. The van der Waals surface area contributed by atoms with Crippen LogP contribution in [0.4, 0.5) is 10.1 Å². The summed E-state index contributed by atoms with van der Waals surface area (Å²) in [6.45, 7) is 0.0304. The minimum absolute atomic E-state index is 0.0304. The second-order valence-electron chi connectivity index (χ2n) is 3.96. The van der Waals surface area contributed by atoms with E-state index in [1.807, 2.05) is 0 Å². The summed E-state index contributed by atoms with van der Waals surface area (Å²) in [5.74, 6) is -0.0233. The maximum Gasteiger partial charge on any atom is 0.243 e. The molecule has 1 aromatic carbocycles. The second kappa shape index (κ2) is 4.98. The molecule has 2 aromatic rings. The van der Waals surface area contributed by atoms with Gasteiger partial charge >= 0.3 is 0 Å². The zero-order valence-corrected chi connectivity index (χ0v) is 11.0. The Kier molecular flexibility index (Phi) is 3.54. The van der Waals surface area contributed by atoms with Crippen molar-refractivity contribution in [3.63, 3.8) is 0 Å². The standard InChI is InChI=1S/C11H13FN4O2S/c1-16-5-4-14-11(16)7-15-19(17,18)10-3-2-8(12)6-9(10)13/h2-6,15H,7,13H2,1H3. The van der Waals surface area contributed by atoms with Gasteiger partial charge < -0.3 is 10.3 Å². The summed E-state index contributed by atoms with van der Waals surface area (Å²) in [7, 11) is -2.04. The van der Waals surface area contributed by atoms with Crippen LogP contribution in [0.2, 0.25) is 0 Å². The molecular formula is C11H13FN4O2S. The Hall–Kier alpha value is -1.93. The maximum atomic E-state index is 12.9. The fraction of sp³-hybridized carbons (Fsp3) is 0.182. The van der Waals surface area contributed by atoms with E-state index in [-0.39, 0.29) is 17.1 Å². The van der Waals surface area contributed by atoms with Crippen molar-refractivity contribution in [2.75, 3.05) is 5.73 Å². The Bertz CT molecular complexity index is 696. The van der Waals surface area contributed by atoms with Gasteiger partial charge in [-0.1, -0.05) is 0 Å². The average Bonchev–Trinajstić information content (AvgIpc) is 2.72. The molecule has 0 saturated heterocycles. The number of nitrogens with zero attached hydrogens (tertiary/aromatic N) is 2. The number of hydrogen-bond donors (Lipinski definition) is 2. The summed E-state index contributed by atoms with van der Waals surface area (Å²) in [6.07, 6.45) is 3.27. The maximum absolute atomic E-state index is 12.9. The number of anilines is 1. The Balaban J connectivity index is 2.21. The fourth-order valence-corrected chi connectivity index (χ4v) is 2.66. The van der Waals surface area contributed by atoms with Crippen LogP contribution in [0.5, 0.6) is 0 Å². The van der Waals surface area contributed by atoms with E-state index in [2.05, 4.69) is 9.71 Å². The Morgan fingerprint density at radius 2 is 2.21 bits per heavy atom. The van der Waals surface area contributed by atoms with E-state index in [0.29, 0.717) is 5.82 Å². The van der Waals surface area contributed by atoms with E-state index in [9.17, 15) is 12.8 Å². The molecule has 0 amide bonds. The molecule has 0 bridgehead atoms. The van der Waals surface area contributed by atoms with Crippen molar-refractivity contribution >= 4 is 15.7 Å². The van der Waals surface area contributed by atoms with Crippen molar-refractivity contribution < 1.29 is 12.8 Å². The first-order valence-corrected chi connectivity index (χ1v) is 6.89. The number of benzene rings is 1. The number of aromatic nitrogens is 2. The number of rotatable bonds is 4. The van der Waals surface area contributed by atoms with Gasteiger partial charge in [-0.25, -0.2) is 22.5 Å². The van der Waals surface area contributed by atoms with E-state index in [1.165, 1.54) is 0 Å². The van der Waals surface area contributed by atoms with E-state index in [0.717, 1.165) is 18.2 Å². The minimum Gasteiger partial charge on any atom is -0.398 e. The molecule has 8 heteroatoms. The predicted octanol–water partition coefficient (Wildman–Crippen LogP) is 0.620. The summed E-state index contributed by atoms with van der Waals surface area (Å²) in [5, 5.41) is 0. The highest BCUT2D eigenvalue weighted by atomic mass is 32.2. The van der Waals surface area contributed by atoms with E-state index in [4.69, 9.17) is 5.73 Å². The van der Waals surface area contributed by atoms with Gasteiger partial charge in [-0.2, -0.15) is 0 Å². The van der Waals surface area contributed by atoms with Crippen LogP contribution in [-0.2, 0) is 23.6 Å². The third-order valence-electron chi connectivity index (χ3n) is 2.60. The first-order chi connectivity index (χ1) is 8.90. The summed E-state index contributed by atoms with van der Waals surface area (Å²) in [4.78, 5) is 3.84. The molecule has 0 atom stereocenters. The predicted molar refractivity (Wildman–Crippen MR) is 68.0 cm³/mol. The van der Waals surface area contributed by atoms with Gasteiger partial charge in [0.2, 0.25) is 10.0 Å². The number of nitrogens with two attached hydrogens (primary N) is 1. The minimum atomic E-state index is -3.80. The number of hydrogen-bond acceptors (Lipinski definition) is 4. The lowest BCUT2D eigenvalue weighted by Crippen LogP contribution is -2.25. The fourth-order valence-electron chi connectivity index (χ4n) is 1.57. The van der Waals surface area contributed by atoms with Gasteiger partial charge in [0.1, 0.15) is 16.5 Å². The van der Waals surface area contributed by atoms with Gasteiger partial charge in [0.25, 0.3) is 0 Å². The molecule has 1 aromatic heterocycles. The average molecular weight is 284 g/mol. The Morgan fingerprint density at radius 3 is 2.79 bits per heavy atom. The highest BCUT2D eigenvalue weighted by Gasteiger charge is 2.18. The number of aryl methyl sites for hydroxylation is 1. The molecule has 0 aliphatic rings. The zero-order valence-electron chi connectivity index (χ0n) is 10.2. The monoisotopic (exact) mass is 284 g/mol. The normalized spacial score (nSPS) is 11.7.